The number of halogens is 1. The van der Waals surface area contributed by atoms with Gasteiger partial charge < -0.3 is 10.7 Å². The summed E-state index contributed by atoms with van der Waals surface area (Å²) in [6.45, 7) is 0.356. The number of anilines is 3. The van der Waals surface area contributed by atoms with E-state index in [1.54, 1.807) is 23.6 Å². The van der Waals surface area contributed by atoms with Gasteiger partial charge in [-0.05, 0) is 12.8 Å². The van der Waals surface area contributed by atoms with Crippen LogP contribution >= 0.6 is 0 Å². The largest absolute Gasteiger partial charge is 0.381 e. The van der Waals surface area contributed by atoms with Gasteiger partial charge in [0.25, 0.3) is 0 Å². The van der Waals surface area contributed by atoms with Gasteiger partial charge in [-0.3, -0.25) is 15.0 Å². The SMILES string of the molecule is Nc1nc(N(Cc2cncc3[nH]cnc23)c2cc(C3CC3)[nH]n2)ncc1F. The van der Waals surface area contributed by atoms with Crippen molar-refractivity contribution in [3.63, 3.8) is 0 Å². The third-order valence-corrected chi connectivity index (χ3v) is 4.61. The molecule has 0 unspecified atom stereocenters. The summed E-state index contributed by atoms with van der Waals surface area (Å²) in [6.07, 6.45) is 8.43. The second kappa shape index (κ2) is 6.01. The molecule has 1 fully saturated rings. The highest BCUT2D eigenvalue weighted by Gasteiger charge is 2.27. The van der Waals surface area contributed by atoms with E-state index in [2.05, 4.69) is 35.1 Å². The summed E-state index contributed by atoms with van der Waals surface area (Å²) < 4.78 is 13.6. The Hall–Kier alpha value is -3.56. The van der Waals surface area contributed by atoms with Gasteiger partial charge in [0, 0.05) is 29.4 Å². The molecule has 1 aliphatic carbocycles. The number of rotatable bonds is 5. The predicted octanol–water partition coefficient (Wildman–Crippen LogP) is 2.41. The highest BCUT2D eigenvalue weighted by atomic mass is 19.1. The summed E-state index contributed by atoms with van der Waals surface area (Å²) in [4.78, 5) is 21.6. The number of nitrogen functional groups attached to an aromatic ring is 1. The highest BCUT2D eigenvalue weighted by Crippen LogP contribution is 2.40. The molecule has 1 aliphatic rings. The molecule has 0 bridgehead atoms. The van der Waals surface area contributed by atoms with Gasteiger partial charge >= 0.3 is 0 Å². The highest BCUT2D eigenvalue weighted by molar-refractivity contribution is 5.77. The maximum atomic E-state index is 13.6. The predicted molar refractivity (Wildman–Crippen MR) is 96.7 cm³/mol. The molecule has 4 aromatic rings. The van der Waals surface area contributed by atoms with E-state index in [1.807, 2.05) is 6.07 Å². The summed E-state index contributed by atoms with van der Waals surface area (Å²) in [6, 6.07) is 1.97. The molecule has 0 aromatic carbocycles. The van der Waals surface area contributed by atoms with E-state index >= 15 is 0 Å². The minimum atomic E-state index is -0.657. The smallest absolute Gasteiger partial charge is 0.233 e. The van der Waals surface area contributed by atoms with Gasteiger partial charge in [0.05, 0.1) is 36.3 Å². The van der Waals surface area contributed by atoms with E-state index in [4.69, 9.17) is 5.73 Å². The standard InChI is InChI=1S/C17H16FN9/c18-11-5-21-17(24-16(11)19)27(14-3-12(25-26-14)9-1-2-9)7-10-4-20-6-13-15(10)23-8-22-13/h3-6,8-9H,1-2,7H2,(H,22,23)(H,25,26)(H2,19,21,24). The van der Waals surface area contributed by atoms with E-state index in [-0.39, 0.29) is 11.8 Å². The van der Waals surface area contributed by atoms with Gasteiger partial charge in [-0.15, -0.1) is 0 Å². The Morgan fingerprint density at radius 3 is 2.93 bits per heavy atom. The zero-order chi connectivity index (χ0) is 18.4. The first-order valence-corrected chi connectivity index (χ1v) is 8.56. The van der Waals surface area contributed by atoms with Crippen LogP contribution in [0.3, 0.4) is 0 Å². The first-order valence-electron chi connectivity index (χ1n) is 8.56. The molecule has 0 aliphatic heterocycles. The number of H-pyrrole nitrogens is 2. The molecule has 4 aromatic heterocycles. The Balaban J connectivity index is 1.58. The minimum absolute atomic E-state index is 0.209. The van der Waals surface area contributed by atoms with Crippen LogP contribution in [0.4, 0.5) is 22.0 Å². The summed E-state index contributed by atoms with van der Waals surface area (Å²) in [5, 5.41) is 7.48. The van der Waals surface area contributed by atoms with Crippen LogP contribution in [0, 0.1) is 5.82 Å². The van der Waals surface area contributed by atoms with Crippen molar-refractivity contribution in [2.45, 2.75) is 25.3 Å². The summed E-state index contributed by atoms with van der Waals surface area (Å²) in [5.74, 6) is 0.545. The zero-order valence-electron chi connectivity index (χ0n) is 14.2. The molecule has 0 atom stereocenters. The normalized spacial score (nSPS) is 14.0. The van der Waals surface area contributed by atoms with Gasteiger partial charge in [-0.1, -0.05) is 0 Å². The lowest BCUT2D eigenvalue weighted by molar-refractivity contribution is 0.618. The number of aromatic nitrogens is 7. The Bertz CT molecular complexity index is 1110. The lowest BCUT2D eigenvalue weighted by Gasteiger charge is -2.20. The number of nitrogens with one attached hydrogen (secondary N) is 2. The molecule has 136 valence electrons. The van der Waals surface area contributed by atoms with Crippen LogP contribution in [0.5, 0.6) is 0 Å². The quantitative estimate of drug-likeness (QED) is 0.496. The molecule has 4 N–H and O–H groups in total. The molecular weight excluding hydrogens is 349 g/mol. The molecule has 0 amide bonds. The zero-order valence-corrected chi connectivity index (χ0v) is 14.2. The van der Waals surface area contributed by atoms with E-state index in [9.17, 15) is 4.39 Å². The van der Waals surface area contributed by atoms with Crippen molar-refractivity contribution in [1.82, 2.24) is 35.1 Å². The first kappa shape index (κ1) is 15.7. The van der Waals surface area contributed by atoms with E-state index in [1.165, 1.54) is 0 Å². The van der Waals surface area contributed by atoms with Crippen molar-refractivity contribution in [3.05, 3.63) is 48.1 Å². The lowest BCUT2D eigenvalue weighted by Crippen LogP contribution is -2.20. The topological polar surface area (TPSA) is 125 Å². The molecule has 9 nitrogen and oxygen atoms in total. The average molecular weight is 365 g/mol. The fraction of sp³-hybridized carbons (Fsp3) is 0.235. The number of nitrogens with two attached hydrogens (primary N) is 1. The molecule has 0 spiro atoms. The van der Waals surface area contributed by atoms with E-state index in [0.29, 0.717) is 18.3 Å². The molecule has 5 rings (SSSR count). The maximum Gasteiger partial charge on any atom is 0.233 e. The summed E-state index contributed by atoms with van der Waals surface area (Å²) >= 11 is 0. The first-order chi connectivity index (χ1) is 13.2. The maximum absolute atomic E-state index is 13.6. The van der Waals surface area contributed by atoms with Gasteiger partial charge in [-0.25, -0.2) is 14.4 Å². The van der Waals surface area contributed by atoms with Crippen molar-refractivity contribution < 1.29 is 4.39 Å². The van der Waals surface area contributed by atoms with Gasteiger partial charge in [0.1, 0.15) is 0 Å². The lowest BCUT2D eigenvalue weighted by atomic mass is 10.2. The number of pyridine rings is 1. The van der Waals surface area contributed by atoms with Gasteiger partial charge in [-0.2, -0.15) is 10.1 Å². The summed E-state index contributed by atoms with van der Waals surface area (Å²) in [5.41, 5.74) is 9.21. The van der Waals surface area contributed by atoms with E-state index in [0.717, 1.165) is 41.3 Å². The Labute approximate surface area is 152 Å². The molecule has 27 heavy (non-hydrogen) atoms. The Morgan fingerprint density at radius 2 is 2.11 bits per heavy atom. The number of hydrogen-bond acceptors (Lipinski definition) is 7. The van der Waals surface area contributed by atoms with Gasteiger partial charge in [0.15, 0.2) is 17.5 Å². The van der Waals surface area contributed by atoms with Crippen LogP contribution in [0.15, 0.2) is 31.0 Å². The molecular formula is C17H16FN9. The monoisotopic (exact) mass is 365 g/mol. The second-order valence-electron chi connectivity index (χ2n) is 6.54. The number of fused-ring (bicyclic) bond motifs is 1. The molecule has 4 heterocycles. The number of imidazole rings is 1. The van der Waals surface area contributed by atoms with Crippen LogP contribution in [0.25, 0.3) is 11.0 Å². The van der Waals surface area contributed by atoms with Crippen molar-refractivity contribution >= 4 is 28.6 Å². The summed E-state index contributed by atoms with van der Waals surface area (Å²) in [7, 11) is 0. The molecule has 1 saturated carbocycles. The number of aromatic amines is 2. The fourth-order valence-corrected chi connectivity index (χ4v) is 3.03. The van der Waals surface area contributed by atoms with Crippen molar-refractivity contribution in [1.29, 1.82) is 0 Å². The van der Waals surface area contributed by atoms with Crippen molar-refractivity contribution in [2.75, 3.05) is 10.6 Å². The van der Waals surface area contributed by atoms with Crippen LogP contribution in [0.2, 0.25) is 0 Å². The van der Waals surface area contributed by atoms with Crippen LogP contribution in [-0.2, 0) is 6.54 Å². The van der Waals surface area contributed by atoms with Crippen molar-refractivity contribution in [3.8, 4) is 0 Å². The van der Waals surface area contributed by atoms with Gasteiger partial charge in [0.2, 0.25) is 5.95 Å². The third kappa shape index (κ3) is 2.84. The molecule has 0 radical (unpaired) electrons. The van der Waals surface area contributed by atoms with Crippen LogP contribution in [0.1, 0.15) is 30.0 Å². The Kier molecular flexibility index (Phi) is 3.49. The minimum Gasteiger partial charge on any atom is -0.381 e. The third-order valence-electron chi connectivity index (χ3n) is 4.61. The fourth-order valence-electron chi connectivity index (χ4n) is 3.03. The Morgan fingerprint density at radius 1 is 1.22 bits per heavy atom. The number of hydrogen-bond donors (Lipinski definition) is 3. The van der Waals surface area contributed by atoms with E-state index < -0.39 is 5.82 Å². The molecule has 0 saturated heterocycles. The van der Waals surface area contributed by atoms with Crippen molar-refractivity contribution in [2.24, 2.45) is 0 Å². The molecule has 10 heteroatoms. The van der Waals surface area contributed by atoms with Crippen LogP contribution in [-0.4, -0.2) is 35.1 Å². The average Bonchev–Trinajstić information content (AvgIpc) is 3.20. The number of nitrogens with zero attached hydrogens (tertiary/aromatic N) is 6. The van der Waals surface area contributed by atoms with Crippen LogP contribution < -0.4 is 10.6 Å². The second-order valence-corrected chi connectivity index (χ2v) is 6.54.